The SMILES string of the molecule is CCCC[C@H](N)C(=O)NC1CC1C. The molecule has 0 aliphatic heterocycles. The van der Waals surface area contributed by atoms with Crippen LogP contribution in [0, 0.1) is 5.92 Å². The molecule has 0 aromatic carbocycles. The summed E-state index contributed by atoms with van der Waals surface area (Å²) in [5.41, 5.74) is 5.71. The zero-order valence-corrected chi connectivity index (χ0v) is 8.55. The summed E-state index contributed by atoms with van der Waals surface area (Å²) in [5, 5.41) is 2.95. The smallest absolute Gasteiger partial charge is 0.237 e. The van der Waals surface area contributed by atoms with Crippen LogP contribution in [-0.4, -0.2) is 18.0 Å². The third kappa shape index (κ3) is 3.35. The van der Waals surface area contributed by atoms with Crippen molar-refractivity contribution in [1.29, 1.82) is 0 Å². The molecule has 0 aromatic heterocycles. The van der Waals surface area contributed by atoms with E-state index in [9.17, 15) is 4.79 Å². The lowest BCUT2D eigenvalue weighted by Crippen LogP contribution is -2.41. The zero-order valence-electron chi connectivity index (χ0n) is 8.55. The number of amides is 1. The van der Waals surface area contributed by atoms with Crippen LogP contribution in [0.5, 0.6) is 0 Å². The van der Waals surface area contributed by atoms with Crippen molar-refractivity contribution in [3.8, 4) is 0 Å². The maximum atomic E-state index is 11.4. The number of unbranched alkanes of at least 4 members (excludes halogenated alkanes) is 1. The Balaban J connectivity index is 2.14. The fraction of sp³-hybridized carbons (Fsp3) is 0.900. The highest BCUT2D eigenvalue weighted by Crippen LogP contribution is 2.28. The van der Waals surface area contributed by atoms with Crippen molar-refractivity contribution in [2.75, 3.05) is 0 Å². The van der Waals surface area contributed by atoms with Crippen LogP contribution in [0.15, 0.2) is 0 Å². The van der Waals surface area contributed by atoms with Crippen LogP contribution in [-0.2, 0) is 4.79 Å². The molecule has 76 valence electrons. The van der Waals surface area contributed by atoms with E-state index in [1.54, 1.807) is 0 Å². The fourth-order valence-corrected chi connectivity index (χ4v) is 1.37. The van der Waals surface area contributed by atoms with E-state index in [0.717, 1.165) is 25.7 Å². The molecule has 0 bridgehead atoms. The second-order valence-electron chi connectivity index (χ2n) is 4.08. The van der Waals surface area contributed by atoms with Crippen molar-refractivity contribution in [3.05, 3.63) is 0 Å². The van der Waals surface area contributed by atoms with E-state index in [2.05, 4.69) is 19.2 Å². The second kappa shape index (κ2) is 4.61. The zero-order chi connectivity index (χ0) is 9.84. The van der Waals surface area contributed by atoms with Gasteiger partial charge < -0.3 is 11.1 Å². The monoisotopic (exact) mass is 184 g/mol. The highest BCUT2D eigenvalue weighted by molar-refractivity contribution is 5.82. The molecule has 0 aromatic rings. The standard InChI is InChI=1S/C10H20N2O/c1-3-4-5-8(11)10(13)12-9-6-7(9)2/h7-9H,3-6,11H2,1-2H3,(H,12,13)/t7?,8-,9?/m0/s1. The molecular weight excluding hydrogens is 164 g/mol. The molecule has 0 spiro atoms. The molecule has 1 rings (SSSR count). The van der Waals surface area contributed by atoms with E-state index in [1.165, 1.54) is 0 Å². The van der Waals surface area contributed by atoms with Crippen LogP contribution in [0.2, 0.25) is 0 Å². The van der Waals surface area contributed by atoms with Crippen LogP contribution in [0.25, 0.3) is 0 Å². The summed E-state index contributed by atoms with van der Waals surface area (Å²) in [6, 6.07) is 0.105. The Labute approximate surface area is 80.1 Å². The van der Waals surface area contributed by atoms with Crippen molar-refractivity contribution in [2.45, 2.75) is 51.6 Å². The van der Waals surface area contributed by atoms with Gasteiger partial charge in [-0.2, -0.15) is 0 Å². The van der Waals surface area contributed by atoms with Gasteiger partial charge in [0, 0.05) is 6.04 Å². The minimum absolute atomic E-state index is 0.0304. The molecule has 3 atom stereocenters. The van der Waals surface area contributed by atoms with Gasteiger partial charge >= 0.3 is 0 Å². The first-order chi connectivity index (χ1) is 6.15. The molecular formula is C10H20N2O. The lowest BCUT2D eigenvalue weighted by molar-refractivity contribution is -0.122. The summed E-state index contributed by atoms with van der Waals surface area (Å²) in [6.07, 6.45) is 4.06. The van der Waals surface area contributed by atoms with E-state index in [4.69, 9.17) is 5.73 Å². The van der Waals surface area contributed by atoms with Gasteiger partial charge in [-0.25, -0.2) is 0 Å². The number of hydrogen-bond acceptors (Lipinski definition) is 2. The summed E-state index contributed by atoms with van der Waals surface area (Å²) in [7, 11) is 0. The first kappa shape index (κ1) is 10.5. The minimum atomic E-state index is -0.298. The van der Waals surface area contributed by atoms with Crippen molar-refractivity contribution < 1.29 is 4.79 Å². The Hall–Kier alpha value is -0.570. The van der Waals surface area contributed by atoms with Gasteiger partial charge in [-0.1, -0.05) is 26.7 Å². The van der Waals surface area contributed by atoms with Gasteiger partial charge in [0.05, 0.1) is 6.04 Å². The topological polar surface area (TPSA) is 55.1 Å². The Morgan fingerprint density at radius 3 is 2.77 bits per heavy atom. The molecule has 1 amide bonds. The molecule has 3 N–H and O–H groups in total. The van der Waals surface area contributed by atoms with Gasteiger partial charge in [0.25, 0.3) is 0 Å². The number of carbonyl (C=O) groups excluding carboxylic acids is 1. The molecule has 1 aliphatic rings. The first-order valence-corrected chi connectivity index (χ1v) is 5.21. The summed E-state index contributed by atoms with van der Waals surface area (Å²) >= 11 is 0. The predicted molar refractivity (Wildman–Crippen MR) is 53.2 cm³/mol. The Kier molecular flexibility index (Phi) is 3.72. The number of nitrogens with two attached hydrogens (primary N) is 1. The van der Waals surface area contributed by atoms with Crippen molar-refractivity contribution in [2.24, 2.45) is 11.7 Å². The minimum Gasteiger partial charge on any atom is -0.352 e. The van der Waals surface area contributed by atoms with E-state index in [-0.39, 0.29) is 11.9 Å². The largest absolute Gasteiger partial charge is 0.352 e. The lowest BCUT2D eigenvalue weighted by Gasteiger charge is -2.10. The van der Waals surface area contributed by atoms with Crippen LogP contribution < -0.4 is 11.1 Å². The summed E-state index contributed by atoms with van der Waals surface area (Å²) in [5.74, 6) is 0.685. The molecule has 2 unspecified atom stereocenters. The molecule has 0 heterocycles. The lowest BCUT2D eigenvalue weighted by atomic mass is 10.1. The van der Waals surface area contributed by atoms with E-state index in [1.807, 2.05) is 0 Å². The van der Waals surface area contributed by atoms with Crippen LogP contribution in [0.1, 0.15) is 39.5 Å². The molecule has 3 nitrogen and oxygen atoms in total. The third-order valence-electron chi connectivity index (χ3n) is 2.64. The number of nitrogens with one attached hydrogen (secondary N) is 1. The highest BCUT2D eigenvalue weighted by Gasteiger charge is 2.34. The predicted octanol–water partition coefficient (Wildman–Crippen LogP) is 1.03. The fourth-order valence-electron chi connectivity index (χ4n) is 1.37. The normalized spacial score (nSPS) is 28.2. The molecule has 0 saturated heterocycles. The first-order valence-electron chi connectivity index (χ1n) is 5.21. The number of rotatable bonds is 5. The average Bonchev–Trinajstić information content (AvgIpc) is 2.77. The summed E-state index contributed by atoms with van der Waals surface area (Å²) in [4.78, 5) is 11.4. The number of carbonyl (C=O) groups is 1. The number of hydrogen-bond donors (Lipinski definition) is 2. The average molecular weight is 184 g/mol. The van der Waals surface area contributed by atoms with E-state index >= 15 is 0 Å². The van der Waals surface area contributed by atoms with Gasteiger partial charge in [-0.3, -0.25) is 4.79 Å². The molecule has 3 heteroatoms. The quantitative estimate of drug-likeness (QED) is 0.670. The Bertz CT molecular complexity index is 182. The highest BCUT2D eigenvalue weighted by atomic mass is 16.2. The Morgan fingerprint density at radius 1 is 1.69 bits per heavy atom. The maximum Gasteiger partial charge on any atom is 0.237 e. The van der Waals surface area contributed by atoms with Crippen molar-refractivity contribution in [1.82, 2.24) is 5.32 Å². The summed E-state index contributed by atoms with van der Waals surface area (Å²) in [6.45, 7) is 4.25. The molecule has 1 saturated carbocycles. The molecule has 0 radical (unpaired) electrons. The Morgan fingerprint density at radius 2 is 2.31 bits per heavy atom. The molecule has 1 aliphatic carbocycles. The van der Waals surface area contributed by atoms with Crippen LogP contribution >= 0.6 is 0 Å². The van der Waals surface area contributed by atoms with E-state index in [0.29, 0.717) is 12.0 Å². The molecule has 1 fully saturated rings. The van der Waals surface area contributed by atoms with Gasteiger partial charge in [0.1, 0.15) is 0 Å². The van der Waals surface area contributed by atoms with Crippen LogP contribution in [0.4, 0.5) is 0 Å². The van der Waals surface area contributed by atoms with Crippen molar-refractivity contribution >= 4 is 5.91 Å². The van der Waals surface area contributed by atoms with Crippen LogP contribution in [0.3, 0.4) is 0 Å². The second-order valence-corrected chi connectivity index (χ2v) is 4.08. The maximum absolute atomic E-state index is 11.4. The van der Waals surface area contributed by atoms with Crippen molar-refractivity contribution in [3.63, 3.8) is 0 Å². The van der Waals surface area contributed by atoms with E-state index < -0.39 is 0 Å². The van der Waals surface area contributed by atoms with Gasteiger partial charge in [0.15, 0.2) is 0 Å². The van der Waals surface area contributed by atoms with Gasteiger partial charge in [0.2, 0.25) is 5.91 Å². The summed E-state index contributed by atoms with van der Waals surface area (Å²) < 4.78 is 0. The third-order valence-corrected chi connectivity index (χ3v) is 2.64. The molecule has 13 heavy (non-hydrogen) atoms. The van der Waals surface area contributed by atoms with Gasteiger partial charge in [-0.15, -0.1) is 0 Å². The van der Waals surface area contributed by atoms with Gasteiger partial charge in [-0.05, 0) is 18.8 Å².